The average molecular weight is 657 g/mol. The molecule has 258 valence electrons. The van der Waals surface area contributed by atoms with E-state index in [1.165, 1.54) is 6.08 Å². The summed E-state index contributed by atoms with van der Waals surface area (Å²) in [6.45, 7) is 4.04. The Morgan fingerprint density at radius 2 is 1.35 bits per heavy atom. The largest absolute Gasteiger partial charge is 0.480 e. The molecule has 3 N–H and O–H groups in total. The zero-order valence-corrected chi connectivity index (χ0v) is 28.4. The number of carboxylic acids is 1. The molecule has 8 nitrogen and oxygen atoms in total. The fourth-order valence-electron chi connectivity index (χ4n) is 4.77. The van der Waals surface area contributed by atoms with Crippen molar-refractivity contribution < 1.29 is 29.0 Å². The van der Waals surface area contributed by atoms with E-state index >= 15 is 0 Å². The van der Waals surface area contributed by atoms with Crippen molar-refractivity contribution in [2.24, 2.45) is 0 Å². The summed E-state index contributed by atoms with van der Waals surface area (Å²) in [6, 6.07) is 7.99. The molecule has 1 heterocycles. The molecule has 0 radical (unpaired) electrons. The van der Waals surface area contributed by atoms with Gasteiger partial charge < -0.3 is 20.5 Å². The van der Waals surface area contributed by atoms with Crippen LogP contribution in [0.2, 0.25) is 0 Å². The number of rotatable bonds is 23. The van der Waals surface area contributed by atoms with Gasteiger partial charge in [-0.1, -0.05) is 110 Å². The fraction of sp³-hybridized carbons (Fsp3) is 0.400. The van der Waals surface area contributed by atoms with Crippen molar-refractivity contribution in [2.45, 2.75) is 96.1 Å². The number of ketones is 1. The molecule has 0 aliphatic carbocycles. The second kappa shape index (κ2) is 23.6. The number of unbranched alkanes of at least 4 members (excludes halogenated alkanes) is 1. The van der Waals surface area contributed by atoms with Crippen LogP contribution in [0.3, 0.4) is 0 Å². The van der Waals surface area contributed by atoms with E-state index in [9.17, 15) is 24.3 Å². The Bertz CT molecular complexity index is 1370. The SMILES string of the molecule is CC/C=C\C/C=C\C/C=C\C/C=C\C/C=C\C/C=C\CCC(=O)NC(CCCCNC(=O)C1=CC(=O)C(C)(c2ccccc2)O1)C(=O)O. The van der Waals surface area contributed by atoms with Crippen LogP contribution in [0, 0.1) is 0 Å². The Kier molecular flexibility index (Phi) is 19.4. The number of nitrogens with one attached hydrogen (secondary N) is 2. The second-order valence-corrected chi connectivity index (χ2v) is 11.5. The number of carboxylic acid groups (broad SMARTS) is 1. The van der Waals surface area contributed by atoms with Gasteiger partial charge in [0.15, 0.2) is 11.4 Å². The fourth-order valence-corrected chi connectivity index (χ4v) is 4.77. The number of allylic oxidation sites excluding steroid dienone is 12. The Hall–Kier alpha value is -4.72. The van der Waals surface area contributed by atoms with E-state index in [-0.39, 0.29) is 36.8 Å². The van der Waals surface area contributed by atoms with Crippen molar-refractivity contribution in [1.29, 1.82) is 0 Å². The minimum atomic E-state index is -1.24. The van der Waals surface area contributed by atoms with E-state index in [1.807, 2.05) is 18.2 Å². The third-order valence-electron chi connectivity index (χ3n) is 7.57. The third kappa shape index (κ3) is 15.7. The Morgan fingerprint density at radius 1 is 0.812 bits per heavy atom. The van der Waals surface area contributed by atoms with Gasteiger partial charge in [-0.3, -0.25) is 14.4 Å². The predicted octanol–water partition coefficient (Wildman–Crippen LogP) is 7.72. The van der Waals surface area contributed by atoms with E-state index in [1.54, 1.807) is 31.2 Å². The highest BCUT2D eigenvalue weighted by atomic mass is 16.5. The summed E-state index contributed by atoms with van der Waals surface area (Å²) in [5.41, 5.74) is -0.583. The summed E-state index contributed by atoms with van der Waals surface area (Å²) >= 11 is 0. The molecule has 2 amide bonds. The highest BCUT2D eigenvalue weighted by Gasteiger charge is 2.43. The maximum atomic E-state index is 12.6. The van der Waals surface area contributed by atoms with Gasteiger partial charge in [-0.25, -0.2) is 4.79 Å². The number of amides is 2. The van der Waals surface area contributed by atoms with Crippen molar-refractivity contribution in [1.82, 2.24) is 10.6 Å². The van der Waals surface area contributed by atoms with Crippen LogP contribution >= 0.6 is 0 Å². The molecule has 0 aromatic heterocycles. The second-order valence-electron chi connectivity index (χ2n) is 11.5. The van der Waals surface area contributed by atoms with Crippen molar-refractivity contribution >= 4 is 23.6 Å². The topological polar surface area (TPSA) is 122 Å². The Balaban J connectivity index is 1.54. The molecule has 1 aromatic carbocycles. The van der Waals surface area contributed by atoms with Gasteiger partial charge in [-0.15, -0.1) is 0 Å². The molecule has 0 saturated heterocycles. The predicted molar refractivity (Wildman–Crippen MR) is 192 cm³/mol. The highest BCUT2D eigenvalue weighted by molar-refractivity contribution is 6.07. The molecule has 2 unspecified atom stereocenters. The van der Waals surface area contributed by atoms with Crippen LogP contribution in [-0.2, 0) is 29.5 Å². The van der Waals surface area contributed by atoms with E-state index in [2.05, 4.69) is 78.3 Å². The van der Waals surface area contributed by atoms with Gasteiger partial charge in [0.1, 0.15) is 6.04 Å². The van der Waals surface area contributed by atoms with Crippen LogP contribution in [-0.4, -0.2) is 41.3 Å². The first-order valence-electron chi connectivity index (χ1n) is 17.0. The lowest BCUT2D eigenvalue weighted by Gasteiger charge is -2.24. The molecule has 48 heavy (non-hydrogen) atoms. The molecule has 1 aromatic rings. The zero-order valence-electron chi connectivity index (χ0n) is 28.4. The van der Waals surface area contributed by atoms with Gasteiger partial charge in [-0.2, -0.15) is 0 Å². The molecule has 0 saturated carbocycles. The quantitative estimate of drug-likeness (QED) is 0.0819. The van der Waals surface area contributed by atoms with E-state index in [0.717, 1.165) is 38.5 Å². The van der Waals surface area contributed by atoms with Gasteiger partial charge in [0, 0.05) is 24.6 Å². The van der Waals surface area contributed by atoms with Gasteiger partial charge in [0.05, 0.1) is 0 Å². The number of hydrogen-bond donors (Lipinski definition) is 3. The van der Waals surface area contributed by atoms with Crippen LogP contribution in [0.5, 0.6) is 0 Å². The summed E-state index contributed by atoms with van der Waals surface area (Å²) in [4.78, 5) is 49.1. The number of aliphatic carboxylic acids is 1. The van der Waals surface area contributed by atoms with Gasteiger partial charge in [-0.05, 0) is 71.1 Å². The number of ether oxygens (including phenoxy) is 1. The lowest BCUT2D eigenvalue weighted by molar-refractivity contribution is -0.142. The van der Waals surface area contributed by atoms with Gasteiger partial charge in [0.25, 0.3) is 5.91 Å². The van der Waals surface area contributed by atoms with Crippen LogP contribution in [0.4, 0.5) is 0 Å². The molecule has 1 aliphatic heterocycles. The zero-order chi connectivity index (χ0) is 34.9. The van der Waals surface area contributed by atoms with Crippen LogP contribution in [0.1, 0.15) is 90.0 Å². The van der Waals surface area contributed by atoms with Crippen molar-refractivity contribution in [3.63, 3.8) is 0 Å². The first-order chi connectivity index (χ1) is 23.3. The van der Waals surface area contributed by atoms with Crippen molar-refractivity contribution in [3.8, 4) is 0 Å². The minimum absolute atomic E-state index is 0.0473. The number of carbonyl (C=O) groups excluding carboxylic acids is 3. The molecule has 1 aliphatic rings. The van der Waals surface area contributed by atoms with Crippen LogP contribution in [0.15, 0.2) is 115 Å². The molecule has 0 bridgehead atoms. The summed E-state index contributed by atoms with van der Waals surface area (Å²) in [6.07, 6.45) is 34.2. The first-order valence-corrected chi connectivity index (χ1v) is 17.0. The van der Waals surface area contributed by atoms with Crippen LogP contribution in [0.25, 0.3) is 0 Å². The monoisotopic (exact) mass is 656 g/mol. The van der Waals surface area contributed by atoms with Crippen molar-refractivity contribution in [3.05, 3.63) is 121 Å². The molecular formula is C40H52N2O6. The van der Waals surface area contributed by atoms with Gasteiger partial charge >= 0.3 is 5.97 Å². The summed E-state index contributed by atoms with van der Waals surface area (Å²) < 4.78 is 5.74. The first kappa shape index (κ1) is 39.5. The summed E-state index contributed by atoms with van der Waals surface area (Å²) in [5.74, 6) is -2.26. The molecule has 0 fully saturated rings. The number of benzene rings is 1. The number of hydrogen-bond acceptors (Lipinski definition) is 5. The highest BCUT2D eigenvalue weighted by Crippen LogP contribution is 2.34. The van der Waals surface area contributed by atoms with E-state index in [4.69, 9.17) is 4.74 Å². The average Bonchev–Trinajstić information content (AvgIpc) is 3.40. The van der Waals surface area contributed by atoms with E-state index in [0.29, 0.717) is 24.8 Å². The van der Waals surface area contributed by atoms with Gasteiger partial charge in [0.2, 0.25) is 11.7 Å². The normalized spacial score (nSPS) is 17.3. The standard InChI is InChI=1S/C40H52N2O6/c1-3-4-5-6-7-8-9-10-11-12-13-14-15-16-17-18-19-20-24-30-37(44)42-34(39(46)47)29-25-26-31-41-38(45)35-32-36(43)40(2,48-35)33-27-22-21-23-28-33/h4-5,7-8,10-11,13-14,16-17,19-23,27-28,32,34H,3,6,9,12,15,18,24-26,29-31H2,1-2H3,(H,41,45)(H,42,44)(H,46,47)/b5-4-,8-7-,11-10-,14-13-,17-16-,20-19-. The van der Waals surface area contributed by atoms with Crippen molar-refractivity contribution in [2.75, 3.05) is 6.54 Å². The minimum Gasteiger partial charge on any atom is -0.480 e. The summed E-state index contributed by atoms with van der Waals surface area (Å²) in [5, 5.41) is 14.8. The lowest BCUT2D eigenvalue weighted by Crippen LogP contribution is -2.40. The Morgan fingerprint density at radius 3 is 1.90 bits per heavy atom. The summed E-state index contributed by atoms with van der Waals surface area (Å²) in [7, 11) is 0. The molecule has 2 atom stereocenters. The van der Waals surface area contributed by atoms with Crippen LogP contribution < -0.4 is 10.6 Å². The molecular weight excluding hydrogens is 604 g/mol. The molecule has 8 heteroatoms. The maximum absolute atomic E-state index is 12.6. The molecule has 2 rings (SSSR count). The lowest BCUT2D eigenvalue weighted by atomic mass is 9.92. The third-order valence-corrected chi connectivity index (χ3v) is 7.57. The Labute approximate surface area is 286 Å². The van der Waals surface area contributed by atoms with E-state index < -0.39 is 23.5 Å². The smallest absolute Gasteiger partial charge is 0.326 e. The molecule has 0 spiro atoms. The number of carbonyl (C=O) groups is 4. The maximum Gasteiger partial charge on any atom is 0.326 e.